The Morgan fingerprint density at radius 3 is 0.650 bits per heavy atom. The van der Waals surface area contributed by atoms with E-state index in [1.165, 1.54) is 148 Å². The molecule has 40 heavy (non-hydrogen) atoms. The highest BCUT2D eigenvalue weighted by atomic mass is 32.3. The van der Waals surface area contributed by atoms with Crippen molar-refractivity contribution in [2.24, 2.45) is 0 Å². The van der Waals surface area contributed by atoms with Gasteiger partial charge in [-0.05, 0) is 36.5 Å². The summed E-state index contributed by atoms with van der Waals surface area (Å²) in [6.45, 7) is 6.81. The third kappa shape index (κ3) is 23.8. The molecule has 0 aliphatic carbocycles. The molecule has 0 rings (SSSR count). The van der Waals surface area contributed by atoms with Crippen molar-refractivity contribution in [1.29, 1.82) is 0 Å². The van der Waals surface area contributed by atoms with E-state index in [0.29, 0.717) is 0 Å². The van der Waals surface area contributed by atoms with E-state index in [9.17, 15) is 15.3 Å². The lowest BCUT2D eigenvalue weighted by molar-refractivity contribution is -0.238. The van der Waals surface area contributed by atoms with E-state index < -0.39 is 15.3 Å². The highest BCUT2D eigenvalue weighted by Crippen LogP contribution is 2.58. The molecule has 0 fully saturated rings. The van der Waals surface area contributed by atoms with Gasteiger partial charge in [-0.3, -0.25) is 0 Å². The molecule has 0 bridgehead atoms. The molecular weight excluding hydrogens is 512 g/mol. The van der Waals surface area contributed by atoms with Crippen LogP contribution in [0.25, 0.3) is 0 Å². The van der Waals surface area contributed by atoms with Crippen molar-refractivity contribution < 1.29 is 15.3 Å². The second kappa shape index (κ2) is 29.3. The van der Waals surface area contributed by atoms with Gasteiger partial charge in [-0.25, -0.2) is 0 Å². The van der Waals surface area contributed by atoms with Crippen molar-refractivity contribution in [2.45, 2.75) is 212 Å². The first-order valence-electron chi connectivity index (χ1n) is 18.4. The first-order chi connectivity index (χ1) is 19.4. The largest absolute Gasteiger partial charge is 0.336 e. The van der Waals surface area contributed by atoms with Crippen molar-refractivity contribution >= 4 is 10.0 Å². The zero-order chi connectivity index (χ0) is 29.6. The van der Waals surface area contributed by atoms with Gasteiger partial charge in [0.2, 0.25) is 0 Å². The van der Waals surface area contributed by atoms with Gasteiger partial charge in [0.05, 0.1) is 0 Å². The zero-order valence-electron chi connectivity index (χ0n) is 27.9. The standard InChI is InChI=1S/C36H76O3S/c1-4-7-10-13-16-19-22-25-28-31-34-40(36(37,38)39,33-30-27-24-21-18-15-12-9-6-3)35-32-29-26-23-20-17-14-11-8-5-2/h37-39H,4-35H2,1-3H3. The van der Waals surface area contributed by atoms with Crippen molar-refractivity contribution in [3.05, 3.63) is 0 Å². The van der Waals surface area contributed by atoms with Gasteiger partial charge in [-0.15, -0.1) is 0 Å². The van der Waals surface area contributed by atoms with Gasteiger partial charge in [0.25, 0.3) is 0 Å². The highest BCUT2D eigenvalue weighted by molar-refractivity contribution is 8.34. The summed E-state index contributed by atoms with van der Waals surface area (Å²) < 4.78 is 0. The van der Waals surface area contributed by atoms with Crippen molar-refractivity contribution in [2.75, 3.05) is 17.3 Å². The van der Waals surface area contributed by atoms with Gasteiger partial charge >= 0.3 is 5.31 Å². The Labute approximate surface area is 254 Å². The monoisotopic (exact) mass is 589 g/mol. The van der Waals surface area contributed by atoms with Gasteiger partial charge in [0, 0.05) is 0 Å². The topological polar surface area (TPSA) is 60.7 Å². The predicted octanol–water partition coefficient (Wildman–Crippen LogP) is 11.8. The van der Waals surface area contributed by atoms with Gasteiger partial charge in [-0.1, -0.05) is 188 Å². The third-order valence-corrected chi connectivity index (χ3v) is 13.4. The zero-order valence-corrected chi connectivity index (χ0v) is 28.7. The molecule has 244 valence electrons. The van der Waals surface area contributed by atoms with Crippen molar-refractivity contribution in [1.82, 2.24) is 0 Å². The van der Waals surface area contributed by atoms with E-state index >= 15 is 0 Å². The SMILES string of the molecule is CCCCCCCCCCCCS(CCCCCCCCCCC)(CCCCCCCCCCCC)C(O)(O)O. The molecule has 3 nitrogen and oxygen atoms in total. The Morgan fingerprint density at radius 1 is 0.300 bits per heavy atom. The van der Waals surface area contributed by atoms with Crippen LogP contribution in [0.4, 0.5) is 0 Å². The maximum absolute atomic E-state index is 10.7. The molecule has 0 aromatic carbocycles. The lowest BCUT2D eigenvalue weighted by Crippen LogP contribution is -2.40. The molecule has 0 aromatic heterocycles. The van der Waals surface area contributed by atoms with Crippen molar-refractivity contribution in [3.63, 3.8) is 0 Å². The summed E-state index contributed by atoms with van der Waals surface area (Å²) in [6, 6.07) is 0. The van der Waals surface area contributed by atoms with E-state index in [2.05, 4.69) is 20.8 Å². The molecule has 0 aromatic rings. The molecule has 0 unspecified atom stereocenters. The summed E-state index contributed by atoms with van der Waals surface area (Å²) in [5.41, 5.74) is 0. The summed E-state index contributed by atoms with van der Waals surface area (Å²) in [6.07, 6.45) is 37.2. The summed E-state index contributed by atoms with van der Waals surface area (Å²) >= 11 is 0. The highest BCUT2D eigenvalue weighted by Gasteiger charge is 2.42. The minimum absolute atomic E-state index is 0.821. The van der Waals surface area contributed by atoms with E-state index in [1.807, 2.05) is 0 Å². The summed E-state index contributed by atoms with van der Waals surface area (Å²) in [5.74, 6) is 2.46. The van der Waals surface area contributed by atoms with Gasteiger partial charge < -0.3 is 15.3 Å². The van der Waals surface area contributed by atoms with Gasteiger partial charge in [-0.2, -0.15) is 10.0 Å². The first kappa shape index (κ1) is 40.2. The fraction of sp³-hybridized carbons (Fsp3) is 1.00. The number of hydrogen-bond acceptors (Lipinski definition) is 3. The molecule has 0 saturated heterocycles. The second-order valence-corrected chi connectivity index (χ2v) is 16.8. The minimum Gasteiger partial charge on any atom is -0.336 e. The fourth-order valence-corrected chi connectivity index (χ4v) is 9.84. The van der Waals surface area contributed by atoms with Crippen LogP contribution in [-0.4, -0.2) is 37.9 Å². The van der Waals surface area contributed by atoms with E-state index in [-0.39, 0.29) is 0 Å². The first-order valence-corrected chi connectivity index (χ1v) is 20.5. The molecular formula is C36H76O3S. The van der Waals surface area contributed by atoms with Gasteiger partial charge in [0.15, 0.2) is 0 Å². The summed E-state index contributed by atoms with van der Waals surface area (Å²) in [4.78, 5) is 0. The number of hydrogen-bond donors (Lipinski definition) is 3. The molecule has 4 heteroatoms. The normalized spacial score (nSPS) is 12.8. The Bertz CT molecular complexity index is 467. The quantitative estimate of drug-likeness (QED) is 0.0528. The predicted molar refractivity (Wildman–Crippen MR) is 182 cm³/mol. The Hall–Kier alpha value is 0.230. The Balaban J connectivity index is 4.56. The smallest absolute Gasteiger partial charge is 0.313 e. The van der Waals surface area contributed by atoms with E-state index in [1.54, 1.807) is 0 Å². The van der Waals surface area contributed by atoms with Crippen molar-refractivity contribution in [3.8, 4) is 0 Å². The number of aliphatic hydroxyl groups is 3. The van der Waals surface area contributed by atoms with Gasteiger partial charge in [0.1, 0.15) is 0 Å². The molecule has 0 spiro atoms. The van der Waals surface area contributed by atoms with Crippen LogP contribution < -0.4 is 0 Å². The lowest BCUT2D eigenvalue weighted by Gasteiger charge is -2.46. The van der Waals surface area contributed by atoms with Crippen LogP contribution in [0.3, 0.4) is 0 Å². The molecule has 3 N–H and O–H groups in total. The Kier molecular flexibility index (Phi) is 29.5. The molecule has 0 amide bonds. The lowest BCUT2D eigenvalue weighted by atomic mass is 10.1. The molecule has 0 atom stereocenters. The van der Waals surface area contributed by atoms with Crippen LogP contribution in [0.1, 0.15) is 207 Å². The van der Waals surface area contributed by atoms with Crippen LogP contribution in [0.5, 0.6) is 0 Å². The number of rotatable bonds is 33. The van der Waals surface area contributed by atoms with Crippen LogP contribution in [-0.2, 0) is 0 Å². The third-order valence-electron chi connectivity index (χ3n) is 9.00. The molecule has 0 aliphatic heterocycles. The summed E-state index contributed by atoms with van der Waals surface area (Å²) in [5, 5.41) is 29.6. The van der Waals surface area contributed by atoms with Crippen LogP contribution >= 0.6 is 10.0 Å². The van der Waals surface area contributed by atoms with Crippen LogP contribution in [0.2, 0.25) is 0 Å². The van der Waals surface area contributed by atoms with E-state index in [4.69, 9.17) is 0 Å². The maximum Gasteiger partial charge on any atom is 0.313 e. The molecule has 0 saturated carbocycles. The average molecular weight is 589 g/mol. The molecule has 0 aliphatic rings. The molecule has 0 radical (unpaired) electrons. The Morgan fingerprint density at radius 2 is 0.475 bits per heavy atom. The summed E-state index contributed by atoms with van der Waals surface area (Å²) in [7, 11) is -1.87. The number of unbranched alkanes of at least 4 members (excludes halogenated alkanes) is 26. The molecule has 0 heterocycles. The fourth-order valence-electron chi connectivity index (χ4n) is 6.14. The maximum atomic E-state index is 10.7. The average Bonchev–Trinajstić information content (AvgIpc) is 2.93. The second-order valence-electron chi connectivity index (χ2n) is 12.9. The van der Waals surface area contributed by atoms with E-state index in [0.717, 1.165) is 55.8 Å². The van der Waals surface area contributed by atoms with Crippen LogP contribution in [0, 0.1) is 0 Å². The minimum atomic E-state index is -2.48. The van der Waals surface area contributed by atoms with Crippen LogP contribution in [0.15, 0.2) is 0 Å².